The second-order valence-corrected chi connectivity index (χ2v) is 3.44. The highest BCUT2D eigenvalue weighted by atomic mass is 14.9. The summed E-state index contributed by atoms with van der Waals surface area (Å²) >= 11 is 0. The highest BCUT2D eigenvalue weighted by Crippen LogP contribution is 2.33. The fourth-order valence-corrected chi connectivity index (χ4v) is 1.21. The molecule has 1 rings (SSSR count). The normalized spacial score (nSPS) is 16.8. The molecule has 0 atom stereocenters. The minimum Gasteiger partial charge on any atom is -0.389 e. The smallest absolute Gasteiger partial charge is 0.0146 e. The van der Waals surface area contributed by atoms with E-state index >= 15 is 0 Å². The Hall–Kier alpha value is -0.720. The Morgan fingerprint density at radius 3 is 2.92 bits per heavy atom. The van der Waals surface area contributed by atoms with Gasteiger partial charge in [0.05, 0.1) is 0 Å². The van der Waals surface area contributed by atoms with Crippen LogP contribution < -0.4 is 5.32 Å². The first-order chi connectivity index (χ1) is 5.84. The standard InChI is InChI=1S/C11H19N/c1-3-4-5-6-9-12-10(2)11-7-8-11/h3-4,11-12H,2,5-9H2,1H3. The maximum absolute atomic E-state index is 4.01. The largest absolute Gasteiger partial charge is 0.389 e. The Morgan fingerprint density at radius 2 is 2.33 bits per heavy atom. The number of hydrogen-bond donors (Lipinski definition) is 1. The number of hydrogen-bond acceptors (Lipinski definition) is 1. The van der Waals surface area contributed by atoms with Crippen LogP contribution in [-0.2, 0) is 0 Å². The fraction of sp³-hybridized carbons (Fsp3) is 0.636. The quantitative estimate of drug-likeness (QED) is 0.471. The van der Waals surface area contributed by atoms with Gasteiger partial charge in [-0.2, -0.15) is 0 Å². The molecule has 0 aliphatic heterocycles. The van der Waals surface area contributed by atoms with E-state index in [0.29, 0.717) is 0 Å². The van der Waals surface area contributed by atoms with Crippen LogP contribution in [-0.4, -0.2) is 6.54 Å². The zero-order valence-corrected chi connectivity index (χ0v) is 7.97. The van der Waals surface area contributed by atoms with Gasteiger partial charge in [-0.25, -0.2) is 0 Å². The van der Waals surface area contributed by atoms with Crippen molar-refractivity contribution >= 4 is 0 Å². The van der Waals surface area contributed by atoms with Crippen LogP contribution >= 0.6 is 0 Å². The molecule has 1 N–H and O–H groups in total. The van der Waals surface area contributed by atoms with Gasteiger partial charge in [-0.15, -0.1) is 0 Å². The van der Waals surface area contributed by atoms with Crippen molar-refractivity contribution in [1.82, 2.24) is 5.32 Å². The number of nitrogens with one attached hydrogen (secondary N) is 1. The van der Waals surface area contributed by atoms with E-state index in [1.807, 2.05) is 0 Å². The van der Waals surface area contributed by atoms with E-state index in [0.717, 1.165) is 12.5 Å². The summed E-state index contributed by atoms with van der Waals surface area (Å²) in [7, 11) is 0. The molecule has 1 nitrogen and oxygen atoms in total. The molecule has 1 heteroatoms. The van der Waals surface area contributed by atoms with Gasteiger partial charge in [-0.05, 0) is 38.5 Å². The molecule has 0 heterocycles. The molecule has 1 saturated carbocycles. The molecule has 0 aromatic rings. The van der Waals surface area contributed by atoms with E-state index in [9.17, 15) is 0 Å². The van der Waals surface area contributed by atoms with Crippen LogP contribution in [0.2, 0.25) is 0 Å². The van der Waals surface area contributed by atoms with Crippen LogP contribution in [0.5, 0.6) is 0 Å². The van der Waals surface area contributed by atoms with Crippen LogP contribution in [0.3, 0.4) is 0 Å². The lowest BCUT2D eigenvalue weighted by molar-refractivity contribution is 0.699. The Balaban J connectivity index is 1.90. The fourth-order valence-electron chi connectivity index (χ4n) is 1.21. The molecule has 1 aliphatic rings. The lowest BCUT2D eigenvalue weighted by Gasteiger charge is -2.06. The SMILES string of the molecule is C=C(NCCCC=CC)C1CC1. The number of unbranched alkanes of at least 4 members (excludes halogenated alkanes) is 1. The summed E-state index contributed by atoms with van der Waals surface area (Å²) in [5, 5.41) is 3.38. The van der Waals surface area contributed by atoms with Crippen molar-refractivity contribution in [3.05, 3.63) is 24.4 Å². The Labute approximate surface area is 75.6 Å². The molecule has 68 valence electrons. The van der Waals surface area contributed by atoms with Gasteiger partial charge in [0.25, 0.3) is 0 Å². The van der Waals surface area contributed by atoms with Gasteiger partial charge in [0.2, 0.25) is 0 Å². The number of allylic oxidation sites excluding steroid dienone is 3. The van der Waals surface area contributed by atoms with E-state index in [4.69, 9.17) is 0 Å². The third-order valence-electron chi connectivity index (χ3n) is 2.21. The van der Waals surface area contributed by atoms with Crippen molar-refractivity contribution in [3.63, 3.8) is 0 Å². The van der Waals surface area contributed by atoms with E-state index in [1.54, 1.807) is 0 Å². The first kappa shape index (κ1) is 9.37. The van der Waals surface area contributed by atoms with Gasteiger partial charge in [0, 0.05) is 12.2 Å². The van der Waals surface area contributed by atoms with Gasteiger partial charge in [0.15, 0.2) is 0 Å². The lowest BCUT2D eigenvalue weighted by atomic mass is 10.2. The molecule has 0 aromatic heterocycles. The van der Waals surface area contributed by atoms with Crippen molar-refractivity contribution in [2.75, 3.05) is 6.54 Å². The van der Waals surface area contributed by atoms with Gasteiger partial charge in [-0.3, -0.25) is 0 Å². The molecular formula is C11H19N. The van der Waals surface area contributed by atoms with Crippen LogP contribution in [0.15, 0.2) is 24.4 Å². The minimum absolute atomic E-state index is 0.798. The lowest BCUT2D eigenvalue weighted by Crippen LogP contribution is -2.14. The molecule has 1 fully saturated rings. The third kappa shape index (κ3) is 3.61. The van der Waals surface area contributed by atoms with Crippen LogP contribution in [0.25, 0.3) is 0 Å². The van der Waals surface area contributed by atoms with Gasteiger partial charge < -0.3 is 5.32 Å². The van der Waals surface area contributed by atoms with Crippen LogP contribution in [0.4, 0.5) is 0 Å². The number of rotatable bonds is 6. The molecule has 1 aliphatic carbocycles. The highest BCUT2D eigenvalue weighted by molar-refractivity contribution is 5.04. The first-order valence-corrected chi connectivity index (χ1v) is 4.88. The summed E-state index contributed by atoms with van der Waals surface area (Å²) < 4.78 is 0. The molecule has 0 radical (unpaired) electrons. The van der Waals surface area contributed by atoms with Crippen LogP contribution in [0, 0.1) is 5.92 Å². The summed E-state index contributed by atoms with van der Waals surface area (Å²) in [5.74, 6) is 0.798. The van der Waals surface area contributed by atoms with Gasteiger partial charge in [-0.1, -0.05) is 18.7 Å². The molecule has 0 saturated heterocycles. The first-order valence-electron chi connectivity index (χ1n) is 4.88. The van der Waals surface area contributed by atoms with Gasteiger partial charge >= 0.3 is 0 Å². The average Bonchev–Trinajstić information content (AvgIpc) is 2.86. The van der Waals surface area contributed by atoms with E-state index in [1.165, 1.54) is 31.4 Å². The summed E-state index contributed by atoms with van der Waals surface area (Å²) in [6.07, 6.45) is 9.41. The van der Waals surface area contributed by atoms with Crippen molar-refractivity contribution in [2.24, 2.45) is 5.92 Å². The van der Waals surface area contributed by atoms with Crippen molar-refractivity contribution < 1.29 is 0 Å². The zero-order valence-electron chi connectivity index (χ0n) is 7.97. The minimum atomic E-state index is 0.798. The van der Waals surface area contributed by atoms with Crippen molar-refractivity contribution in [2.45, 2.75) is 32.6 Å². The topological polar surface area (TPSA) is 12.0 Å². The van der Waals surface area contributed by atoms with E-state index in [2.05, 4.69) is 31.0 Å². The maximum atomic E-state index is 4.01. The van der Waals surface area contributed by atoms with Crippen molar-refractivity contribution in [1.29, 1.82) is 0 Å². The molecular weight excluding hydrogens is 146 g/mol. The van der Waals surface area contributed by atoms with E-state index < -0.39 is 0 Å². The summed E-state index contributed by atoms with van der Waals surface area (Å²) in [4.78, 5) is 0. The highest BCUT2D eigenvalue weighted by Gasteiger charge is 2.23. The molecule has 0 bridgehead atoms. The molecule has 12 heavy (non-hydrogen) atoms. The Bertz CT molecular complexity index is 166. The molecule has 0 aromatic carbocycles. The maximum Gasteiger partial charge on any atom is 0.0146 e. The van der Waals surface area contributed by atoms with Gasteiger partial charge in [0.1, 0.15) is 0 Å². The monoisotopic (exact) mass is 165 g/mol. The van der Waals surface area contributed by atoms with E-state index in [-0.39, 0.29) is 0 Å². The third-order valence-corrected chi connectivity index (χ3v) is 2.21. The second-order valence-electron chi connectivity index (χ2n) is 3.44. The average molecular weight is 165 g/mol. The summed E-state index contributed by atoms with van der Waals surface area (Å²) in [6, 6.07) is 0. The summed E-state index contributed by atoms with van der Waals surface area (Å²) in [5.41, 5.74) is 1.26. The zero-order chi connectivity index (χ0) is 8.81. The Kier molecular flexibility index (Phi) is 3.92. The predicted octanol–water partition coefficient (Wildman–Crippen LogP) is 2.86. The molecule has 0 spiro atoms. The summed E-state index contributed by atoms with van der Waals surface area (Å²) in [6.45, 7) is 7.15. The second kappa shape index (κ2) is 5.02. The predicted molar refractivity (Wildman–Crippen MR) is 53.9 cm³/mol. The molecule has 0 amide bonds. The molecule has 0 unspecified atom stereocenters. The Morgan fingerprint density at radius 1 is 1.58 bits per heavy atom. The van der Waals surface area contributed by atoms with Crippen molar-refractivity contribution in [3.8, 4) is 0 Å². The van der Waals surface area contributed by atoms with Crippen LogP contribution in [0.1, 0.15) is 32.6 Å².